The maximum absolute atomic E-state index is 9.99. The van der Waals surface area contributed by atoms with E-state index in [1.54, 1.807) is 0 Å². The van der Waals surface area contributed by atoms with Crippen LogP contribution in [0.2, 0.25) is 0 Å². The van der Waals surface area contributed by atoms with Gasteiger partial charge in [-0.2, -0.15) is 6.42 Å². The zero-order chi connectivity index (χ0) is 17.2. The van der Waals surface area contributed by atoms with Gasteiger partial charge in [0.15, 0.2) is 0 Å². The fourth-order valence-corrected chi connectivity index (χ4v) is 1.89. The van der Waals surface area contributed by atoms with Gasteiger partial charge in [-0.1, -0.05) is 64.7 Å². The van der Waals surface area contributed by atoms with E-state index in [4.69, 9.17) is 15.9 Å². The summed E-state index contributed by atoms with van der Waals surface area (Å²) < 4.78 is 0. The zero-order valence-corrected chi connectivity index (χ0v) is 17.1. The van der Waals surface area contributed by atoms with E-state index in [0.29, 0.717) is 0 Å². The minimum absolute atomic E-state index is 0. The fourth-order valence-electron chi connectivity index (χ4n) is 1.89. The Balaban J connectivity index is -0.000000338. The van der Waals surface area contributed by atoms with Crippen molar-refractivity contribution in [3.05, 3.63) is 6.92 Å². The second-order valence-corrected chi connectivity index (χ2v) is 5.56. The van der Waals surface area contributed by atoms with Crippen molar-refractivity contribution in [3.63, 3.8) is 0 Å². The van der Waals surface area contributed by atoms with Gasteiger partial charge in [0, 0.05) is 6.42 Å². The largest absolute Gasteiger partial charge is 1.00 e. The van der Waals surface area contributed by atoms with E-state index < -0.39 is 18.0 Å². The molecular formula is C17H34NNaO4. The van der Waals surface area contributed by atoms with Crippen LogP contribution in [0.3, 0.4) is 0 Å². The van der Waals surface area contributed by atoms with E-state index in [1.165, 1.54) is 57.8 Å². The Kier molecular flexibility index (Phi) is 26.4. The van der Waals surface area contributed by atoms with Gasteiger partial charge in [0.2, 0.25) is 0 Å². The van der Waals surface area contributed by atoms with Gasteiger partial charge in [-0.25, -0.2) is 0 Å². The zero-order valence-electron chi connectivity index (χ0n) is 15.1. The maximum Gasteiger partial charge on any atom is 1.00 e. The van der Waals surface area contributed by atoms with E-state index in [9.17, 15) is 9.59 Å². The predicted octanol–water partition coefficient (Wildman–Crippen LogP) is 1.01. The van der Waals surface area contributed by atoms with Gasteiger partial charge in [0.05, 0.1) is 0 Å². The quantitative estimate of drug-likeness (QED) is 0.264. The summed E-state index contributed by atoms with van der Waals surface area (Å²) in [6.07, 6.45) is 13.7. The van der Waals surface area contributed by atoms with Crippen LogP contribution in [-0.4, -0.2) is 28.2 Å². The molecule has 0 fully saturated rings. The van der Waals surface area contributed by atoms with Crippen molar-refractivity contribution in [3.8, 4) is 0 Å². The number of aliphatic carboxylic acids is 2. The Bertz CT molecular complexity index is 265. The standard InChI is InChI=1S/C12H25.C5H9NO4.Na/c1-3-5-7-9-11-12-10-8-6-4-2;6-3(5(9)10)1-2-4(7)8;/h1,3-12H2,2H3;3H,1-2,6H2,(H,7,8)(H,9,10);/q-1;;+1/t;3-;/m.0./s1. The third-order valence-corrected chi connectivity index (χ3v) is 3.34. The van der Waals surface area contributed by atoms with Crippen molar-refractivity contribution in [2.45, 2.75) is 90.0 Å². The van der Waals surface area contributed by atoms with Crippen LogP contribution in [0.5, 0.6) is 0 Å². The number of carboxylic acids is 2. The first-order valence-corrected chi connectivity index (χ1v) is 8.45. The van der Waals surface area contributed by atoms with Gasteiger partial charge in [-0.15, -0.1) is 0 Å². The molecule has 1 atom stereocenters. The Morgan fingerprint density at radius 3 is 1.74 bits per heavy atom. The number of unbranched alkanes of at least 4 members (excludes halogenated alkanes) is 9. The summed E-state index contributed by atoms with van der Waals surface area (Å²) >= 11 is 0. The normalized spacial score (nSPS) is 10.9. The topological polar surface area (TPSA) is 101 Å². The Labute approximate surface area is 163 Å². The van der Waals surface area contributed by atoms with Crippen molar-refractivity contribution in [2.24, 2.45) is 5.73 Å². The molecule has 0 heterocycles. The molecule has 0 radical (unpaired) electrons. The molecule has 5 nitrogen and oxygen atoms in total. The summed E-state index contributed by atoms with van der Waals surface area (Å²) in [7, 11) is 0. The number of carbonyl (C=O) groups is 2. The Morgan fingerprint density at radius 2 is 1.39 bits per heavy atom. The van der Waals surface area contributed by atoms with E-state index in [1.807, 2.05) is 0 Å². The second kappa shape index (κ2) is 21.9. The van der Waals surface area contributed by atoms with Crippen LogP contribution in [-0.2, 0) is 9.59 Å². The first-order chi connectivity index (χ1) is 10.5. The molecule has 0 aromatic rings. The molecule has 132 valence electrons. The van der Waals surface area contributed by atoms with Crippen molar-refractivity contribution < 1.29 is 49.4 Å². The van der Waals surface area contributed by atoms with Crippen LogP contribution in [0.4, 0.5) is 0 Å². The fraction of sp³-hybridized carbons (Fsp3) is 0.824. The van der Waals surface area contributed by atoms with Crippen molar-refractivity contribution in [1.29, 1.82) is 0 Å². The minimum Gasteiger partial charge on any atom is -0.481 e. The molecule has 0 amide bonds. The van der Waals surface area contributed by atoms with E-state index in [0.717, 1.165) is 6.42 Å². The predicted molar refractivity (Wildman–Crippen MR) is 89.7 cm³/mol. The molecule has 0 aliphatic carbocycles. The van der Waals surface area contributed by atoms with Gasteiger partial charge in [0.1, 0.15) is 6.04 Å². The van der Waals surface area contributed by atoms with Crippen molar-refractivity contribution in [1.82, 2.24) is 0 Å². The molecule has 6 heteroatoms. The summed E-state index contributed by atoms with van der Waals surface area (Å²) in [6.45, 7) is 6.12. The molecule has 0 rings (SSSR count). The smallest absolute Gasteiger partial charge is 0.481 e. The molecule has 23 heavy (non-hydrogen) atoms. The summed E-state index contributed by atoms with van der Waals surface area (Å²) in [4.78, 5) is 19.9. The van der Waals surface area contributed by atoms with Crippen LogP contribution in [0.15, 0.2) is 0 Å². The third-order valence-electron chi connectivity index (χ3n) is 3.34. The average Bonchev–Trinajstić information content (AvgIpc) is 2.48. The maximum atomic E-state index is 9.99. The van der Waals surface area contributed by atoms with Gasteiger partial charge in [-0.05, 0) is 6.42 Å². The molecule has 0 saturated heterocycles. The molecule has 0 spiro atoms. The van der Waals surface area contributed by atoms with E-state index in [2.05, 4.69) is 13.8 Å². The molecule has 4 N–H and O–H groups in total. The van der Waals surface area contributed by atoms with Gasteiger partial charge < -0.3 is 22.9 Å². The summed E-state index contributed by atoms with van der Waals surface area (Å²) in [5, 5.41) is 16.3. The number of nitrogens with two attached hydrogens (primary N) is 1. The molecule has 0 aliphatic rings. The molecule has 0 aromatic carbocycles. The number of hydrogen-bond donors (Lipinski definition) is 3. The summed E-state index contributed by atoms with van der Waals surface area (Å²) in [5.41, 5.74) is 5.00. The molecule has 0 unspecified atom stereocenters. The van der Waals surface area contributed by atoms with Crippen LogP contribution < -0.4 is 35.3 Å². The van der Waals surface area contributed by atoms with Crippen molar-refractivity contribution >= 4 is 11.9 Å². The monoisotopic (exact) mass is 339 g/mol. The number of rotatable bonds is 13. The molecule has 0 aromatic heterocycles. The van der Waals surface area contributed by atoms with Gasteiger partial charge in [0.25, 0.3) is 0 Å². The molecular weight excluding hydrogens is 305 g/mol. The molecule has 0 saturated carbocycles. The molecule has 0 bridgehead atoms. The molecule has 0 aliphatic heterocycles. The number of carboxylic acid groups (broad SMARTS) is 2. The average molecular weight is 339 g/mol. The number of hydrogen-bond acceptors (Lipinski definition) is 3. The summed E-state index contributed by atoms with van der Waals surface area (Å²) in [6, 6.07) is -1.06. The second-order valence-electron chi connectivity index (χ2n) is 5.56. The minimum atomic E-state index is -1.17. The van der Waals surface area contributed by atoms with E-state index in [-0.39, 0.29) is 42.4 Å². The van der Waals surface area contributed by atoms with Crippen LogP contribution in [0.25, 0.3) is 0 Å². The van der Waals surface area contributed by atoms with Gasteiger partial charge in [-0.3, -0.25) is 9.59 Å². The van der Waals surface area contributed by atoms with Gasteiger partial charge >= 0.3 is 41.5 Å². The van der Waals surface area contributed by atoms with Crippen molar-refractivity contribution in [2.75, 3.05) is 0 Å². The Morgan fingerprint density at radius 1 is 0.957 bits per heavy atom. The first kappa shape index (κ1) is 27.7. The van der Waals surface area contributed by atoms with Crippen LogP contribution >= 0.6 is 0 Å². The Hall–Kier alpha value is -0.100. The third kappa shape index (κ3) is 27.1. The van der Waals surface area contributed by atoms with Crippen LogP contribution in [0.1, 0.15) is 84.0 Å². The SMILES string of the molecule is N[C@@H](CCC(=O)O)C(=O)O.[CH2-]CCCCCCCCCCC.[Na+]. The van der Waals surface area contributed by atoms with E-state index >= 15 is 0 Å². The first-order valence-electron chi connectivity index (χ1n) is 8.45. The van der Waals surface area contributed by atoms with Crippen LogP contribution in [0, 0.1) is 6.92 Å². The summed E-state index contributed by atoms with van der Waals surface area (Å²) in [5.74, 6) is -2.20.